The molecule has 1 unspecified atom stereocenters. The second kappa shape index (κ2) is 10.1. The molecule has 194 valence electrons. The van der Waals surface area contributed by atoms with E-state index >= 15 is 0 Å². The lowest BCUT2D eigenvalue weighted by atomic mass is 10.1. The first-order valence-corrected chi connectivity index (χ1v) is 12.8. The Hall–Kier alpha value is -3.57. The molecule has 1 aliphatic rings. The molecule has 2 N–H and O–H groups in total. The Morgan fingerprint density at radius 1 is 1.03 bits per heavy atom. The Labute approximate surface area is 216 Å². The van der Waals surface area contributed by atoms with Gasteiger partial charge in [0.1, 0.15) is 23.5 Å². The molecular formula is C25H21ClF3N3O4S. The van der Waals surface area contributed by atoms with Crippen molar-refractivity contribution >= 4 is 44.8 Å². The molecule has 0 radical (unpaired) electrons. The van der Waals surface area contributed by atoms with Crippen LogP contribution in [0.5, 0.6) is 0 Å². The number of benzene rings is 3. The molecule has 12 heteroatoms. The van der Waals surface area contributed by atoms with Gasteiger partial charge in [-0.15, -0.1) is 0 Å². The summed E-state index contributed by atoms with van der Waals surface area (Å²) in [5.41, 5.74) is 0.626. The van der Waals surface area contributed by atoms with Crippen molar-refractivity contribution in [2.45, 2.75) is 37.8 Å². The van der Waals surface area contributed by atoms with E-state index in [2.05, 4.69) is 10.6 Å². The summed E-state index contributed by atoms with van der Waals surface area (Å²) in [4.78, 5) is 25.6. The van der Waals surface area contributed by atoms with Crippen molar-refractivity contribution in [3.05, 3.63) is 87.7 Å². The number of halogens is 4. The third-order valence-electron chi connectivity index (χ3n) is 5.90. The van der Waals surface area contributed by atoms with Gasteiger partial charge in [-0.05, 0) is 55.3 Å². The summed E-state index contributed by atoms with van der Waals surface area (Å²) in [6.45, 7) is 2.80. The molecule has 3 aromatic carbocycles. The van der Waals surface area contributed by atoms with Crippen LogP contribution in [0.1, 0.15) is 23.1 Å². The van der Waals surface area contributed by atoms with Gasteiger partial charge in [0.15, 0.2) is 0 Å². The van der Waals surface area contributed by atoms with Crippen LogP contribution in [0, 0.1) is 31.3 Å². The highest BCUT2D eigenvalue weighted by Gasteiger charge is 2.43. The van der Waals surface area contributed by atoms with Crippen molar-refractivity contribution in [2.75, 3.05) is 9.62 Å². The first-order valence-electron chi connectivity index (χ1n) is 11.0. The lowest BCUT2D eigenvalue weighted by molar-refractivity contribution is -0.125. The van der Waals surface area contributed by atoms with E-state index in [-0.39, 0.29) is 33.9 Å². The summed E-state index contributed by atoms with van der Waals surface area (Å²) in [6, 6.07) is 7.27. The van der Waals surface area contributed by atoms with Gasteiger partial charge in [-0.25, -0.2) is 21.6 Å². The van der Waals surface area contributed by atoms with Crippen LogP contribution in [0.2, 0.25) is 5.02 Å². The van der Waals surface area contributed by atoms with E-state index < -0.39 is 51.8 Å². The molecule has 1 aliphatic heterocycles. The van der Waals surface area contributed by atoms with E-state index in [0.29, 0.717) is 16.7 Å². The number of hydrogen-bond acceptors (Lipinski definition) is 4. The summed E-state index contributed by atoms with van der Waals surface area (Å²) in [7, 11) is -4.50. The third kappa shape index (κ3) is 5.28. The van der Waals surface area contributed by atoms with Crippen LogP contribution in [-0.4, -0.2) is 26.3 Å². The van der Waals surface area contributed by atoms with Gasteiger partial charge in [0.05, 0.1) is 22.7 Å². The first kappa shape index (κ1) is 26.5. The maximum absolute atomic E-state index is 14.2. The second-order valence-corrected chi connectivity index (χ2v) is 10.7. The van der Waals surface area contributed by atoms with Crippen LogP contribution in [-0.2, 0) is 26.2 Å². The molecule has 0 saturated heterocycles. The summed E-state index contributed by atoms with van der Waals surface area (Å²) in [5, 5.41) is 5.25. The van der Waals surface area contributed by atoms with E-state index in [4.69, 9.17) is 11.6 Å². The van der Waals surface area contributed by atoms with E-state index in [1.165, 1.54) is 25.1 Å². The van der Waals surface area contributed by atoms with Gasteiger partial charge in [-0.2, -0.15) is 0 Å². The van der Waals surface area contributed by atoms with Crippen LogP contribution >= 0.6 is 11.6 Å². The number of anilines is 2. The highest BCUT2D eigenvalue weighted by atomic mass is 35.5. The molecule has 0 fully saturated rings. The Morgan fingerprint density at radius 3 is 2.41 bits per heavy atom. The number of amides is 2. The van der Waals surface area contributed by atoms with E-state index in [9.17, 15) is 31.2 Å². The zero-order chi connectivity index (χ0) is 27.1. The molecule has 0 saturated carbocycles. The van der Waals surface area contributed by atoms with Crippen LogP contribution in [0.25, 0.3) is 0 Å². The van der Waals surface area contributed by atoms with E-state index in [1.54, 1.807) is 6.92 Å². The van der Waals surface area contributed by atoms with Crippen LogP contribution in [0.15, 0.2) is 53.4 Å². The molecule has 2 amide bonds. The smallest absolute Gasteiger partial charge is 0.265 e. The fourth-order valence-electron chi connectivity index (χ4n) is 4.00. The van der Waals surface area contributed by atoms with Gasteiger partial charge < -0.3 is 10.6 Å². The summed E-state index contributed by atoms with van der Waals surface area (Å²) >= 11 is 6.13. The normalized spacial score (nSPS) is 15.2. The lowest BCUT2D eigenvalue weighted by Crippen LogP contribution is -2.52. The van der Waals surface area contributed by atoms with Crippen molar-refractivity contribution in [1.82, 2.24) is 5.32 Å². The van der Waals surface area contributed by atoms with Gasteiger partial charge in [-0.3, -0.25) is 13.9 Å². The fourth-order valence-corrected chi connectivity index (χ4v) is 6.14. The molecule has 37 heavy (non-hydrogen) atoms. The Kier molecular flexibility index (Phi) is 7.20. The Morgan fingerprint density at radius 2 is 1.70 bits per heavy atom. The van der Waals surface area contributed by atoms with Crippen LogP contribution in [0.4, 0.5) is 24.5 Å². The minimum Gasteiger partial charge on any atom is -0.352 e. The number of nitrogens with zero attached hydrogens (tertiary/aromatic N) is 1. The SMILES string of the molecule is Cc1cc(S(=O)(=O)N2c3cc(F)ccc3NC(=O)C2CC(=O)NCc2ccc(F)cc2F)c(C)cc1Cl. The molecule has 0 aromatic heterocycles. The van der Waals surface area contributed by atoms with Gasteiger partial charge in [0.25, 0.3) is 10.0 Å². The van der Waals surface area contributed by atoms with Crippen molar-refractivity contribution in [3.63, 3.8) is 0 Å². The zero-order valence-electron chi connectivity index (χ0n) is 19.6. The maximum Gasteiger partial charge on any atom is 0.265 e. The lowest BCUT2D eigenvalue weighted by Gasteiger charge is -2.37. The number of hydrogen-bond donors (Lipinski definition) is 2. The number of nitrogens with one attached hydrogen (secondary N) is 2. The predicted molar refractivity (Wildman–Crippen MR) is 132 cm³/mol. The molecule has 1 atom stereocenters. The van der Waals surface area contributed by atoms with Crippen molar-refractivity contribution in [1.29, 1.82) is 0 Å². The number of rotatable bonds is 6. The van der Waals surface area contributed by atoms with E-state index in [0.717, 1.165) is 28.6 Å². The van der Waals surface area contributed by atoms with Crippen molar-refractivity contribution < 1.29 is 31.2 Å². The predicted octanol–water partition coefficient (Wildman–Crippen LogP) is 4.60. The number of carbonyl (C=O) groups excluding carboxylic acids is 2. The minimum atomic E-state index is -4.50. The van der Waals surface area contributed by atoms with Crippen LogP contribution in [0.3, 0.4) is 0 Å². The van der Waals surface area contributed by atoms with Crippen molar-refractivity contribution in [3.8, 4) is 0 Å². The highest BCUT2D eigenvalue weighted by Crippen LogP contribution is 2.39. The average molecular weight is 552 g/mol. The molecular weight excluding hydrogens is 531 g/mol. The highest BCUT2D eigenvalue weighted by molar-refractivity contribution is 7.93. The summed E-state index contributed by atoms with van der Waals surface area (Å²) in [5.74, 6) is -4.01. The minimum absolute atomic E-state index is 0.00740. The number of fused-ring (bicyclic) bond motifs is 1. The maximum atomic E-state index is 14.2. The van der Waals surface area contributed by atoms with Gasteiger partial charge in [0.2, 0.25) is 11.8 Å². The summed E-state index contributed by atoms with van der Waals surface area (Å²) < 4.78 is 69.8. The second-order valence-electron chi connectivity index (χ2n) is 8.55. The van der Waals surface area contributed by atoms with Crippen molar-refractivity contribution in [2.24, 2.45) is 0 Å². The van der Waals surface area contributed by atoms with Crippen LogP contribution < -0.4 is 14.9 Å². The third-order valence-corrected chi connectivity index (χ3v) is 8.28. The summed E-state index contributed by atoms with van der Waals surface area (Å²) in [6.07, 6.45) is -0.657. The van der Waals surface area contributed by atoms with E-state index in [1.807, 2.05) is 0 Å². The zero-order valence-corrected chi connectivity index (χ0v) is 21.2. The molecule has 0 aliphatic carbocycles. The van der Waals surface area contributed by atoms with Gasteiger partial charge in [0, 0.05) is 29.3 Å². The quantitative estimate of drug-likeness (QED) is 0.468. The number of carbonyl (C=O) groups is 2. The standard InChI is InChI=1S/C25H21ClF3N3O4S/c1-13-8-23(14(2)7-18(13)26)37(35,36)32-21-10-17(28)5-6-20(21)31-25(34)22(32)11-24(33)30-12-15-3-4-16(27)9-19(15)29/h3-10,22H,11-12H2,1-2H3,(H,30,33)(H,31,34). The molecule has 7 nitrogen and oxygen atoms in total. The molecule has 0 bridgehead atoms. The van der Waals surface area contributed by atoms with Gasteiger partial charge in [-0.1, -0.05) is 17.7 Å². The molecule has 3 aromatic rings. The number of sulfonamides is 1. The molecule has 0 spiro atoms. The largest absolute Gasteiger partial charge is 0.352 e. The Bertz CT molecular complexity index is 1530. The molecule has 1 heterocycles. The average Bonchev–Trinajstić information content (AvgIpc) is 2.81. The first-order chi connectivity index (χ1) is 17.4. The topological polar surface area (TPSA) is 95.6 Å². The molecule has 4 rings (SSSR count). The number of aryl methyl sites for hydroxylation is 2. The fraction of sp³-hybridized carbons (Fsp3) is 0.200. The monoisotopic (exact) mass is 551 g/mol. The Balaban J connectivity index is 1.72. The van der Waals surface area contributed by atoms with Gasteiger partial charge >= 0.3 is 0 Å².